The number of amides is 1. The van der Waals surface area contributed by atoms with E-state index in [9.17, 15) is 14.7 Å². The Morgan fingerprint density at radius 3 is 2.71 bits per heavy atom. The van der Waals surface area contributed by atoms with E-state index < -0.39 is 18.5 Å². The number of aromatic nitrogens is 1. The van der Waals surface area contributed by atoms with Crippen molar-refractivity contribution >= 4 is 34.4 Å². The number of thiazole rings is 1. The smallest absolute Gasteiger partial charge is 0.331 e. The molecule has 0 aliphatic heterocycles. The molecule has 160 valence electrons. The van der Waals surface area contributed by atoms with Gasteiger partial charge in [0.25, 0.3) is 5.91 Å². The van der Waals surface area contributed by atoms with Crippen LogP contribution in [0.3, 0.4) is 0 Å². The van der Waals surface area contributed by atoms with E-state index in [1.54, 1.807) is 12.1 Å². The zero-order valence-corrected chi connectivity index (χ0v) is 18.2. The van der Waals surface area contributed by atoms with Crippen LogP contribution in [-0.2, 0) is 14.3 Å². The first kappa shape index (κ1) is 22.0. The fourth-order valence-electron chi connectivity index (χ4n) is 2.67. The number of aromatic hydroxyl groups is 1. The lowest BCUT2D eigenvalue weighted by Gasteiger charge is -2.04. The topological polar surface area (TPSA) is 97.8 Å². The highest BCUT2D eigenvalue weighted by Gasteiger charge is 2.10. The van der Waals surface area contributed by atoms with Gasteiger partial charge >= 0.3 is 5.97 Å². The first-order valence-corrected chi connectivity index (χ1v) is 10.3. The highest BCUT2D eigenvalue weighted by atomic mass is 32.1. The Morgan fingerprint density at radius 2 is 1.97 bits per heavy atom. The monoisotopic (exact) mass is 438 g/mol. The number of rotatable bonds is 7. The summed E-state index contributed by atoms with van der Waals surface area (Å²) in [6.07, 6.45) is 2.69. The Balaban J connectivity index is 1.51. The van der Waals surface area contributed by atoms with Crippen molar-refractivity contribution < 1.29 is 24.2 Å². The van der Waals surface area contributed by atoms with Gasteiger partial charge in [-0.1, -0.05) is 18.2 Å². The number of nitrogens with one attached hydrogen (secondary N) is 1. The molecule has 1 aromatic heterocycles. The van der Waals surface area contributed by atoms with Gasteiger partial charge in [0.2, 0.25) is 0 Å². The van der Waals surface area contributed by atoms with Crippen LogP contribution >= 0.6 is 11.3 Å². The second-order valence-electron chi connectivity index (χ2n) is 6.76. The van der Waals surface area contributed by atoms with Gasteiger partial charge in [-0.25, -0.2) is 9.78 Å². The van der Waals surface area contributed by atoms with Gasteiger partial charge in [-0.2, -0.15) is 0 Å². The number of hydrogen-bond acceptors (Lipinski definition) is 7. The number of ether oxygens (including phenoxy) is 2. The molecule has 3 aromatic rings. The van der Waals surface area contributed by atoms with E-state index in [-0.39, 0.29) is 5.75 Å². The Kier molecular flexibility index (Phi) is 7.04. The van der Waals surface area contributed by atoms with Gasteiger partial charge in [-0.05, 0) is 54.8 Å². The maximum absolute atomic E-state index is 12.1. The Morgan fingerprint density at radius 1 is 1.16 bits per heavy atom. The SMILES string of the molecule is COc1cc(C=CC(=O)OCC(=O)Nc2nc(-c3ccc(C)c(C)c3)cs2)ccc1O. The molecule has 0 bridgehead atoms. The summed E-state index contributed by atoms with van der Waals surface area (Å²) >= 11 is 1.30. The molecule has 0 saturated carbocycles. The number of nitrogens with zero attached hydrogens (tertiary/aromatic N) is 1. The van der Waals surface area contributed by atoms with Gasteiger partial charge in [0, 0.05) is 17.0 Å². The molecule has 0 saturated heterocycles. The average Bonchev–Trinajstić information content (AvgIpc) is 3.22. The number of carbonyl (C=O) groups excluding carboxylic acids is 2. The first-order chi connectivity index (χ1) is 14.9. The number of phenolic OH excluding ortho intramolecular Hbond substituents is 1. The molecule has 0 atom stereocenters. The van der Waals surface area contributed by atoms with E-state index in [1.807, 2.05) is 37.4 Å². The van der Waals surface area contributed by atoms with Gasteiger partial charge in [0.15, 0.2) is 23.2 Å². The van der Waals surface area contributed by atoms with Gasteiger partial charge < -0.3 is 14.6 Å². The molecule has 1 heterocycles. The largest absolute Gasteiger partial charge is 0.504 e. The molecule has 0 unspecified atom stereocenters. The molecule has 0 radical (unpaired) electrons. The minimum atomic E-state index is -0.669. The Bertz CT molecular complexity index is 1140. The van der Waals surface area contributed by atoms with Gasteiger partial charge in [0.05, 0.1) is 12.8 Å². The predicted molar refractivity (Wildman–Crippen MR) is 120 cm³/mol. The summed E-state index contributed by atoms with van der Waals surface area (Å²) in [5.41, 5.74) is 4.75. The summed E-state index contributed by atoms with van der Waals surface area (Å²) in [7, 11) is 1.43. The zero-order chi connectivity index (χ0) is 22.4. The molecule has 31 heavy (non-hydrogen) atoms. The summed E-state index contributed by atoms with van der Waals surface area (Å²) in [5.74, 6) is -0.855. The van der Waals surface area contributed by atoms with Crippen LogP contribution in [0.4, 0.5) is 5.13 Å². The lowest BCUT2D eigenvalue weighted by Crippen LogP contribution is -2.20. The van der Waals surface area contributed by atoms with Crippen molar-refractivity contribution in [3.05, 3.63) is 64.5 Å². The van der Waals surface area contributed by atoms with Gasteiger partial charge in [-0.15, -0.1) is 11.3 Å². The maximum atomic E-state index is 12.1. The average molecular weight is 439 g/mol. The van der Waals surface area contributed by atoms with Crippen molar-refractivity contribution in [2.24, 2.45) is 0 Å². The number of esters is 1. The highest BCUT2D eigenvalue weighted by molar-refractivity contribution is 7.14. The summed E-state index contributed by atoms with van der Waals surface area (Å²) in [4.78, 5) is 28.3. The zero-order valence-electron chi connectivity index (χ0n) is 17.3. The number of benzene rings is 2. The fourth-order valence-corrected chi connectivity index (χ4v) is 3.40. The van der Waals surface area contributed by atoms with E-state index in [1.165, 1.54) is 47.8 Å². The van der Waals surface area contributed by atoms with E-state index in [0.717, 1.165) is 11.3 Å². The van der Waals surface area contributed by atoms with E-state index >= 15 is 0 Å². The molecule has 1 amide bonds. The number of anilines is 1. The van der Waals surface area contributed by atoms with Crippen molar-refractivity contribution in [3.63, 3.8) is 0 Å². The molecule has 7 nitrogen and oxygen atoms in total. The van der Waals surface area contributed by atoms with Crippen LogP contribution < -0.4 is 10.1 Å². The molecule has 0 spiro atoms. The predicted octanol–water partition coefficient (Wildman–Crippen LogP) is 4.34. The molecule has 0 fully saturated rings. The molecule has 0 aliphatic carbocycles. The van der Waals surface area contributed by atoms with Gasteiger partial charge in [-0.3, -0.25) is 10.1 Å². The highest BCUT2D eigenvalue weighted by Crippen LogP contribution is 2.27. The van der Waals surface area contributed by atoms with Crippen LogP contribution in [0.25, 0.3) is 17.3 Å². The van der Waals surface area contributed by atoms with Crippen molar-refractivity contribution in [3.8, 4) is 22.8 Å². The fraction of sp³-hybridized carbons (Fsp3) is 0.174. The minimum absolute atomic E-state index is 0.00162. The van der Waals surface area contributed by atoms with Crippen molar-refractivity contribution in [2.75, 3.05) is 19.0 Å². The van der Waals surface area contributed by atoms with E-state index in [0.29, 0.717) is 16.4 Å². The van der Waals surface area contributed by atoms with Crippen LogP contribution in [0.2, 0.25) is 0 Å². The molecular weight excluding hydrogens is 416 g/mol. The lowest BCUT2D eigenvalue weighted by atomic mass is 10.1. The van der Waals surface area contributed by atoms with Gasteiger partial charge in [0.1, 0.15) is 0 Å². The summed E-state index contributed by atoms with van der Waals surface area (Å²) in [6, 6.07) is 10.7. The van der Waals surface area contributed by atoms with Crippen molar-refractivity contribution in [1.82, 2.24) is 4.98 Å². The third kappa shape index (κ3) is 5.93. The molecule has 8 heteroatoms. The maximum Gasteiger partial charge on any atom is 0.331 e. The van der Waals surface area contributed by atoms with Crippen LogP contribution in [-0.4, -0.2) is 35.7 Å². The molecule has 0 aliphatic rings. The number of methoxy groups -OCH3 is 1. The number of carbonyl (C=O) groups is 2. The summed E-state index contributed by atoms with van der Waals surface area (Å²) in [6.45, 7) is 3.65. The van der Waals surface area contributed by atoms with Crippen molar-refractivity contribution in [1.29, 1.82) is 0 Å². The Hall–Kier alpha value is -3.65. The summed E-state index contributed by atoms with van der Waals surface area (Å²) in [5, 5.41) is 14.5. The second kappa shape index (κ2) is 9.90. The third-order valence-electron chi connectivity index (χ3n) is 4.51. The number of hydrogen-bond donors (Lipinski definition) is 2. The quantitative estimate of drug-likeness (QED) is 0.421. The van der Waals surface area contributed by atoms with Crippen molar-refractivity contribution in [2.45, 2.75) is 13.8 Å². The standard InChI is InChI=1S/C23H22N2O5S/c1-14-4-7-17(10-15(14)2)18-13-31-23(24-18)25-21(27)12-30-22(28)9-6-16-5-8-19(26)20(11-16)29-3/h4-11,13,26H,12H2,1-3H3,(H,24,25,27). The number of phenols is 1. The first-order valence-electron chi connectivity index (χ1n) is 9.40. The Labute approximate surface area is 184 Å². The lowest BCUT2D eigenvalue weighted by molar-refractivity contribution is -0.142. The summed E-state index contributed by atoms with van der Waals surface area (Å²) < 4.78 is 9.97. The van der Waals surface area contributed by atoms with Crippen LogP contribution in [0.5, 0.6) is 11.5 Å². The third-order valence-corrected chi connectivity index (χ3v) is 5.27. The second-order valence-corrected chi connectivity index (χ2v) is 7.62. The molecular formula is C23H22N2O5S. The molecule has 3 rings (SSSR count). The van der Waals surface area contributed by atoms with E-state index in [4.69, 9.17) is 9.47 Å². The molecule has 2 N–H and O–H groups in total. The minimum Gasteiger partial charge on any atom is -0.504 e. The van der Waals surface area contributed by atoms with Crippen LogP contribution in [0.1, 0.15) is 16.7 Å². The number of aryl methyl sites for hydroxylation is 2. The molecule has 2 aromatic carbocycles. The normalized spacial score (nSPS) is 10.8. The van der Waals surface area contributed by atoms with Crippen LogP contribution in [0.15, 0.2) is 47.9 Å². The van der Waals surface area contributed by atoms with E-state index in [2.05, 4.69) is 10.3 Å². The van der Waals surface area contributed by atoms with Crippen LogP contribution in [0, 0.1) is 13.8 Å².